The van der Waals surface area contributed by atoms with Gasteiger partial charge >= 0.3 is 0 Å². The van der Waals surface area contributed by atoms with E-state index < -0.39 is 0 Å². The van der Waals surface area contributed by atoms with E-state index in [0.717, 1.165) is 13.0 Å². The number of aryl methyl sites for hydroxylation is 1. The van der Waals surface area contributed by atoms with Crippen LogP contribution in [-0.2, 0) is 6.42 Å². The molecule has 1 aliphatic rings. The molecule has 1 aromatic carbocycles. The van der Waals surface area contributed by atoms with Crippen LogP contribution in [0.15, 0.2) is 22.7 Å². The van der Waals surface area contributed by atoms with Crippen molar-refractivity contribution < 1.29 is 0 Å². The van der Waals surface area contributed by atoms with Gasteiger partial charge in [0.15, 0.2) is 0 Å². The average Bonchev–Trinajstić information content (AvgIpc) is 2.39. The highest BCUT2D eigenvalue weighted by Gasteiger charge is 2.16. The molecule has 1 aromatic rings. The molecular formula is C12H17BrN2. The van der Waals surface area contributed by atoms with Crippen LogP contribution in [0.5, 0.6) is 0 Å². The van der Waals surface area contributed by atoms with Crippen LogP contribution in [0.1, 0.15) is 12.0 Å². The SMILES string of the molecule is CN(C)[C@H]1CCc2cc(Br)ccc2NC1. The lowest BCUT2D eigenvalue weighted by Gasteiger charge is -2.22. The van der Waals surface area contributed by atoms with Gasteiger partial charge in [0.25, 0.3) is 0 Å². The van der Waals surface area contributed by atoms with Gasteiger partial charge in [-0.2, -0.15) is 0 Å². The van der Waals surface area contributed by atoms with Crippen molar-refractivity contribution in [3.05, 3.63) is 28.2 Å². The molecule has 0 fully saturated rings. The fourth-order valence-corrected chi connectivity index (χ4v) is 2.44. The van der Waals surface area contributed by atoms with Crippen molar-refractivity contribution in [2.45, 2.75) is 18.9 Å². The van der Waals surface area contributed by atoms with Crippen LogP contribution >= 0.6 is 15.9 Å². The molecule has 2 rings (SSSR count). The molecule has 0 aromatic heterocycles. The van der Waals surface area contributed by atoms with E-state index >= 15 is 0 Å². The summed E-state index contributed by atoms with van der Waals surface area (Å²) >= 11 is 3.52. The number of likely N-dealkylation sites (N-methyl/N-ethyl adjacent to an activating group) is 1. The predicted octanol–water partition coefficient (Wildman–Crippen LogP) is 2.74. The van der Waals surface area contributed by atoms with E-state index in [1.54, 1.807) is 0 Å². The normalized spacial score (nSPS) is 20.7. The van der Waals surface area contributed by atoms with E-state index in [4.69, 9.17) is 0 Å². The van der Waals surface area contributed by atoms with Crippen LogP contribution in [0.25, 0.3) is 0 Å². The summed E-state index contributed by atoms with van der Waals surface area (Å²) in [5, 5.41) is 3.52. The number of rotatable bonds is 1. The largest absolute Gasteiger partial charge is 0.383 e. The van der Waals surface area contributed by atoms with Crippen LogP contribution in [0.2, 0.25) is 0 Å². The van der Waals surface area contributed by atoms with Gasteiger partial charge in [-0.05, 0) is 50.7 Å². The summed E-state index contributed by atoms with van der Waals surface area (Å²) in [6.07, 6.45) is 2.38. The Bertz CT molecular complexity index is 349. The number of nitrogens with zero attached hydrogens (tertiary/aromatic N) is 1. The number of hydrogen-bond acceptors (Lipinski definition) is 2. The van der Waals surface area contributed by atoms with E-state index in [1.165, 1.54) is 22.1 Å². The monoisotopic (exact) mass is 268 g/mol. The van der Waals surface area contributed by atoms with Crippen molar-refractivity contribution >= 4 is 21.6 Å². The summed E-state index contributed by atoms with van der Waals surface area (Å²) in [7, 11) is 4.30. The molecule has 0 spiro atoms. The number of anilines is 1. The zero-order valence-corrected chi connectivity index (χ0v) is 10.8. The molecule has 82 valence electrons. The summed E-state index contributed by atoms with van der Waals surface area (Å²) < 4.78 is 1.17. The maximum Gasteiger partial charge on any atom is 0.0374 e. The maximum absolute atomic E-state index is 3.52. The van der Waals surface area contributed by atoms with Gasteiger partial charge in [-0.15, -0.1) is 0 Å². The van der Waals surface area contributed by atoms with E-state index in [-0.39, 0.29) is 0 Å². The molecule has 2 nitrogen and oxygen atoms in total. The Morgan fingerprint density at radius 3 is 2.93 bits per heavy atom. The van der Waals surface area contributed by atoms with Crippen molar-refractivity contribution in [1.82, 2.24) is 4.90 Å². The fourth-order valence-electron chi connectivity index (χ4n) is 2.03. The van der Waals surface area contributed by atoms with Crippen molar-refractivity contribution in [3.8, 4) is 0 Å². The van der Waals surface area contributed by atoms with Gasteiger partial charge in [0, 0.05) is 22.7 Å². The smallest absolute Gasteiger partial charge is 0.0374 e. The van der Waals surface area contributed by atoms with Gasteiger partial charge in [-0.1, -0.05) is 15.9 Å². The molecule has 1 aliphatic heterocycles. The Balaban J connectivity index is 2.18. The van der Waals surface area contributed by atoms with Crippen LogP contribution < -0.4 is 5.32 Å². The minimum absolute atomic E-state index is 0.635. The van der Waals surface area contributed by atoms with Crippen molar-refractivity contribution in [3.63, 3.8) is 0 Å². The topological polar surface area (TPSA) is 15.3 Å². The molecular weight excluding hydrogens is 252 g/mol. The molecule has 0 bridgehead atoms. The Labute approximate surface area is 99.8 Å². The van der Waals surface area contributed by atoms with E-state index in [2.05, 4.69) is 58.4 Å². The summed E-state index contributed by atoms with van der Waals surface area (Å²) in [6.45, 7) is 1.04. The van der Waals surface area contributed by atoms with Gasteiger partial charge in [-0.3, -0.25) is 0 Å². The highest BCUT2D eigenvalue weighted by Crippen LogP contribution is 2.25. The van der Waals surface area contributed by atoms with Crippen molar-refractivity contribution in [1.29, 1.82) is 0 Å². The Morgan fingerprint density at radius 2 is 2.20 bits per heavy atom. The van der Waals surface area contributed by atoms with Crippen LogP contribution in [0.3, 0.4) is 0 Å². The quantitative estimate of drug-likeness (QED) is 0.843. The number of halogens is 1. The Hall–Kier alpha value is -0.540. The van der Waals surface area contributed by atoms with Gasteiger partial charge in [-0.25, -0.2) is 0 Å². The van der Waals surface area contributed by atoms with E-state index in [9.17, 15) is 0 Å². The molecule has 0 saturated carbocycles. The summed E-state index contributed by atoms with van der Waals surface area (Å²) in [5.41, 5.74) is 2.72. The first-order chi connectivity index (χ1) is 7.16. The number of benzene rings is 1. The third kappa shape index (κ3) is 2.52. The zero-order chi connectivity index (χ0) is 10.8. The molecule has 0 amide bonds. The Kier molecular flexibility index (Phi) is 3.32. The molecule has 0 aliphatic carbocycles. The molecule has 0 saturated heterocycles. The second kappa shape index (κ2) is 4.54. The zero-order valence-electron chi connectivity index (χ0n) is 9.26. The molecule has 1 heterocycles. The summed E-state index contributed by atoms with van der Waals surface area (Å²) in [4.78, 5) is 2.30. The molecule has 15 heavy (non-hydrogen) atoms. The summed E-state index contributed by atoms with van der Waals surface area (Å²) in [6, 6.07) is 7.12. The minimum atomic E-state index is 0.635. The molecule has 3 heteroatoms. The van der Waals surface area contributed by atoms with Gasteiger partial charge in [0.05, 0.1) is 0 Å². The molecule has 0 unspecified atom stereocenters. The second-order valence-electron chi connectivity index (χ2n) is 4.34. The number of fused-ring (bicyclic) bond motifs is 1. The lowest BCUT2D eigenvalue weighted by Crippen LogP contribution is -2.33. The fraction of sp³-hybridized carbons (Fsp3) is 0.500. The van der Waals surface area contributed by atoms with Crippen LogP contribution in [0, 0.1) is 0 Å². The first-order valence-corrected chi connectivity index (χ1v) is 6.15. The standard InChI is InChI=1S/C12H17BrN2/c1-15(2)11-5-3-9-7-10(13)4-6-12(9)14-8-11/h4,6-7,11,14H,3,5,8H2,1-2H3/t11-/m0/s1. The summed E-state index contributed by atoms with van der Waals surface area (Å²) in [5.74, 6) is 0. The molecule has 0 radical (unpaired) electrons. The highest BCUT2D eigenvalue weighted by atomic mass is 79.9. The number of nitrogens with one attached hydrogen (secondary N) is 1. The lowest BCUT2D eigenvalue weighted by molar-refractivity contribution is 0.293. The van der Waals surface area contributed by atoms with E-state index in [0.29, 0.717) is 6.04 Å². The average molecular weight is 269 g/mol. The Morgan fingerprint density at radius 1 is 1.40 bits per heavy atom. The second-order valence-corrected chi connectivity index (χ2v) is 5.25. The number of hydrogen-bond donors (Lipinski definition) is 1. The van der Waals surface area contributed by atoms with Crippen molar-refractivity contribution in [2.75, 3.05) is 26.0 Å². The van der Waals surface area contributed by atoms with Crippen molar-refractivity contribution in [2.24, 2.45) is 0 Å². The highest BCUT2D eigenvalue weighted by molar-refractivity contribution is 9.10. The maximum atomic E-state index is 3.52. The lowest BCUT2D eigenvalue weighted by atomic mass is 10.1. The van der Waals surface area contributed by atoms with Crippen LogP contribution in [-0.4, -0.2) is 31.6 Å². The van der Waals surface area contributed by atoms with Gasteiger partial charge in [0.2, 0.25) is 0 Å². The molecule has 1 atom stereocenters. The van der Waals surface area contributed by atoms with Gasteiger partial charge < -0.3 is 10.2 Å². The first-order valence-electron chi connectivity index (χ1n) is 5.35. The van der Waals surface area contributed by atoms with E-state index in [1.807, 2.05) is 0 Å². The third-order valence-corrected chi connectivity index (χ3v) is 3.57. The van der Waals surface area contributed by atoms with Gasteiger partial charge in [0.1, 0.15) is 0 Å². The third-order valence-electron chi connectivity index (χ3n) is 3.07. The molecule has 1 N–H and O–H groups in total. The van der Waals surface area contributed by atoms with Crippen LogP contribution in [0.4, 0.5) is 5.69 Å². The minimum Gasteiger partial charge on any atom is -0.383 e. The predicted molar refractivity (Wildman–Crippen MR) is 68.4 cm³/mol. The first kappa shape index (κ1) is 11.0.